The molecule has 0 spiro atoms. The molecule has 0 saturated carbocycles. The van der Waals surface area contributed by atoms with Crippen molar-refractivity contribution in [3.05, 3.63) is 36.5 Å². The maximum absolute atomic E-state index is 12.0. The lowest BCUT2D eigenvalue weighted by atomic mass is 10.1. The number of benzene rings is 1. The Morgan fingerprint density at radius 3 is 2.89 bits per heavy atom. The molecule has 1 aromatic carbocycles. The normalized spacial score (nSPS) is 16.6. The Balaban J connectivity index is 1.65. The minimum absolute atomic E-state index is 0.0771. The fourth-order valence-corrected chi connectivity index (χ4v) is 2.55. The number of aromatic nitrogens is 1. The summed E-state index contributed by atoms with van der Waals surface area (Å²) >= 11 is 0. The minimum atomic E-state index is 0.0771. The van der Waals surface area contributed by atoms with Crippen LogP contribution in [-0.2, 0) is 16.1 Å². The van der Waals surface area contributed by atoms with Gasteiger partial charge in [-0.2, -0.15) is 0 Å². The Bertz CT molecular complexity index is 570. The van der Waals surface area contributed by atoms with E-state index in [4.69, 9.17) is 4.74 Å². The van der Waals surface area contributed by atoms with Gasteiger partial charge in [0.25, 0.3) is 0 Å². The minimum Gasteiger partial charge on any atom is -0.381 e. The van der Waals surface area contributed by atoms with Gasteiger partial charge < -0.3 is 14.6 Å². The summed E-state index contributed by atoms with van der Waals surface area (Å²) in [6, 6.07) is 10.4. The summed E-state index contributed by atoms with van der Waals surface area (Å²) in [5.74, 6) is 0.0771. The van der Waals surface area contributed by atoms with E-state index < -0.39 is 0 Å². The largest absolute Gasteiger partial charge is 0.381 e. The third-order valence-electron chi connectivity index (χ3n) is 3.58. The lowest BCUT2D eigenvalue weighted by Crippen LogP contribution is -2.40. The summed E-state index contributed by atoms with van der Waals surface area (Å²) < 4.78 is 7.28. The number of rotatable bonds is 3. The quantitative estimate of drug-likeness (QED) is 0.914. The van der Waals surface area contributed by atoms with E-state index in [1.54, 1.807) is 0 Å². The lowest BCUT2D eigenvalue weighted by molar-refractivity contribution is -0.122. The number of fused-ring (bicyclic) bond motifs is 1. The van der Waals surface area contributed by atoms with Gasteiger partial charge in [0.2, 0.25) is 5.91 Å². The number of amides is 1. The average molecular weight is 258 g/mol. The van der Waals surface area contributed by atoms with Gasteiger partial charge in [0.15, 0.2) is 0 Å². The van der Waals surface area contributed by atoms with Gasteiger partial charge in [0.1, 0.15) is 6.54 Å². The number of hydrogen-bond acceptors (Lipinski definition) is 2. The third kappa shape index (κ3) is 2.79. The molecule has 0 unspecified atom stereocenters. The van der Waals surface area contributed by atoms with Crippen molar-refractivity contribution in [2.24, 2.45) is 0 Å². The van der Waals surface area contributed by atoms with Gasteiger partial charge in [0.05, 0.1) is 0 Å². The molecule has 1 fully saturated rings. The van der Waals surface area contributed by atoms with Gasteiger partial charge in [-0.25, -0.2) is 0 Å². The average Bonchev–Trinajstić information content (AvgIpc) is 2.83. The van der Waals surface area contributed by atoms with Crippen LogP contribution >= 0.6 is 0 Å². The molecule has 4 nitrogen and oxygen atoms in total. The highest BCUT2D eigenvalue weighted by Crippen LogP contribution is 2.15. The van der Waals surface area contributed by atoms with Crippen LogP contribution in [-0.4, -0.2) is 29.7 Å². The van der Waals surface area contributed by atoms with Crippen LogP contribution < -0.4 is 5.32 Å². The van der Waals surface area contributed by atoms with Crippen LogP contribution in [0.15, 0.2) is 36.5 Å². The van der Waals surface area contributed by atoms with E-state index >= 15 is 0 Å². The first kappa shape index (κ1) is 12.2. The predicted molar refractivity (Wildman–Crippen MR) is 73.9 cm³/mol. The summed E-state index contributed by atoms with van der Waals surface area (Å²) in [6.45, 7) is 1.87. The van der Waals surface area contributed by atoms with E-state index in [9.17, 15) is 4.79 Å². The molecule has 1 aliphatic rings. The lowest BCUT2D eigenvalue weighted by Gasteiger charge is -2.23. The summed E-state index contributed by atoms with van der Waals surface area (Å²) in [5, 5.41) is 4.25. The first-order chi connectivity index (χ1) is 9.33. The molecule has 2 heterocycles. The molecule has 1 N–H and O–H groups in total. The fourth-order valence-electron chi connectivity index (χ4n) is 2.55. The highest BCUT2D eigenvalue weighted by Gasteiger charge is 2.16. The zero-order chi connectivity index (χ0) is 13.1. The second-order valence-electron chi connectivity index (χ2n) is 4.96. The van der Waals surface area contributed by atoms with Crippen LogP contribution in [0.3, 0.4) is 0 Å². The van der Waals surface area contributed by atoms with Crippen LogP contribution in [0.4, 0.5) is 0 Å². The number of carbonyl (C=O) groups is 1. The molecule has 100 valence electrons. The Labute approximate surface area is 112 Å². The van der Waals surface area contributed by atoms with E-state index in [0.717, 1.165) is 31.6 Å². The van der Waals surface area contributed by atoms with E-state index in [2.05, 4.69) is 11.4 Å². The van der Waals surface area contributed by atoms with Gasteiger partial charge in [-0.15, -0.1) is 0 Å². The van der Waals surface area contributed by atoms with E-state index in [1.807, 2.05) is 35.0 Å². The van der Waals surface area contributed by atoms with Crippen molar-refractivity contribution in [3.63, 3.8) is 0 Å². The molecule has 1 amide bonds. The molecule has 0 radical (unpaired) electrons. The number of para-hydroxylation sites is 1. The number of nitrogens with zero attached hydrogens (tertiary/aromatic N) is 1. The molecular weight excluding hydrogens is 240 g/mol. The van der Waals surface area contributed by atoms with Crippen molar-refractivity contribution >= 4 is 16.8 Å². The topological polar surface area (TPSA) is 43.3 Å². The summed E-state index contributed by atoms with van der Waals surface area (Å²) in [6.07, 6.45) is 3.80. The van der Waals surface area contributed by atoms with Crippen molar-refractivity contribution < 1.29 is 9.53 Å². The van der Waals surface area contributed by atoms with Gasteiger partial charge in [-0.1, -0.05) is 18.2 Å². The summed E-state index contributed by atoms with van der Waals surface area (Å²) in [5.41, 5.74) is 1.10. The van der Waals surface area contributed by atoms with E-state index in [0.29, 0.717) is 6.54 Å². The fraction of sp³-hybridized carbons (Fsp3) is 0.400. The highest BCUT2D eigenvalue weighted by molar-refractivity contribution is 5.83. The first-order valence-electron chi connectivity index (χ1n) is 6.74. The Morgan fingerprint density at radius 1 is 1.26 bits per heavy atom. The molecule has 0 atom stereocenters. The van der Waals surface area contributed by atoms with Crippen LogP contribution in [0, 0.1) is 0 Å². The molecule has 0 aliphatic carbocycles. The van der Waals surface area contributed by atoms with Crippen LogP contribution in [0.25, 0.3) is 10.9 Å². The Kier molecular flexibility index (Phi) is 3.51. The van der Waals surface area contributed by atoms with Crippen LogP contribution in [0.2, 0.25) is 0 Å². The van der Waals surface area contributed by atoms with Crippen molar-refractivity contribution in [3.8, 4) is 0 Å². The zero-order valence-electron chi connectivity index (χ0n) is 10.8. The Hall–Kier alpha value is -1.81. The van der Waals surface area contributed by atoms with Crippen LogP contribution in [0.5, 0.6) is 0 Å². The van der Waals surface area contributed by atoms with Crippen molar-refractivity contribution in [2.75, 3.05) is 13.2 Å². The van der Waals surface area contributed by atoms with Gasteiger partial charge in [-0.05, 0) is 30.4 Å². The number of nitrogens with one attached hydrogen (secondary N) is 1. The summed E-state index contributed by atoms with van der Waals surface area (Å²) in [7, 11) is 0. The van der Waals surface area contributed by atoms with Gasteiger partial charge >= 0.3 is 0 Å². The molecule has 2 aromatic rings. The van der Waals surface area contributed by atoms with Crippen LogP contribution in [0.1, 0.15) is 12.8 Å². The molecular formula is C15H18N2O2. The molecule has 1 saturated heterocycles. The maximum atomic E-state index is 12.0. The standard InChI is InChI=1S/C15H18N2O2/c18-15(16-13-6-9-19-10-7-13)11-17-8-5-12-3-1-2-4-14(12)17/h1-5,8,13H,6-7,9-11H2,(H,16,18). The number of carbonyl (C=O) groups excluding carboxylic acids is 1. The Morgan fingerprint density at radius 2 is 2.05 bits per heavy atom. The molecule has 1 aliphatic heterocycles. The van der Waals surface area contributed by atoms with E-state index in [-0.39, 0.29) is 11.9 Å². The monoisotopic (exact) mass is 258 g/mol. The number of hydrogen-bond donors (Lipinski definition) is 1. The molecule has 0 bridgehead atoms. The first-order valence-corrected chi connectivity index (χ1v) is 6.74. The summed E-state index contributed by atoms with van der Waals surface area (Å²) in [4.78, 5) is 12.0. The molecule has 1 aromatic heterocycles. The highest BCUT2D eigenvalue weighted by atomic mass is 16.5. The van der Waals surface area contributed by atoms with Crippen molar-refractivity contribution in [2.45, 2.75) is 25.4 Å². The second kappa shape index (κ2) is 5.45. The van der Waals surface area contributed by atoms with Crippen molar-refractivity contribution in [1.29, 1.82) is 0 Å². The SMILES string of the molecule is O=C(Cn1ccc2ccccc21)NC1CCOCC1. The van der Waals surface area contributed by atoms with Crippen molar-refractivity contribution in [1.82, 2.24) is 9.88 Å². The second-order valence-corrected chi connectivity index (χ2v) is 4.96. The molecule has 3 rings (SSSR count). The maximum Gasteiger partial charge on any atom is 0.240 e. The zero-order valence-corrected chi connectivity index (χ0v) is 10.8. The number of ether oxygens (including phenoxy) is 1. The smallest absolute Gasteiger partial charge is 0.240 e. The third-order valence-corrected chi connectivity index (χ3v) is 3.58. The molecule has 4 heteroatoms. The van der Waals surface area contributed by atoms with Gasteiger partial charge in [0, 0.05) is 31.0 Å². The van der Waals surface area contributed by atoms with Gasteiger partial charge in [-0.3, -0.25) is 4.79 Å². The predicted octanol–water partition coefficient (Wildman–Crippen LogP) is 1.94. The van der Waals surface area contributed by atoms with E-state index in [1.165, 1.54) is 5.39 Å². The molecule has 19 heavy (non-hydrogen) atoms.